The number of nitrogens with zero attached hydrogens (tertiary/aromatic N) is 2. The van der Waals surface area contributed by atoms with Crippen LogP contribution >= 0.6 is 0 Å². The highest BCUT2D eigenvalue weighted by Gasteiger charge is 2.33. The van der Waals surface area contributed by atoms with E-state index in [2.05, 4.69) is 11.6 Å². The number of nitrogens with one attached hydrogen (secondary N) is 1. The Hall–Kier alpha value is -2.78. The first-order chi connectivity index (χ1) is 14.7. The monoisotopic (exact) mass is 449 g/mol. The molecule has 1 saturated heterocycles. The van der Waals surface area contributed by atoms with Crippen molar-refractivity contribution in [2.24, 2.45) is 0 Å². The van der Waals surface area contributed by atoms with E-state index in [0.29, 0.717) is 31.9 Å². The number of alkyl halides is 3. The molecule has 0 amide bonds. The SMILES string of the molecule is C=CC(N1CCN(c2ccc(C(F)(F)F)cc2)CC1)S(=O)(=O)c1ccc2[nH]ccc2c1. The molecule has 1 aliphatic heterocycles. The molecule has 164 valence electrons. The highest BCUT2D eigenvalue weighted by Crippen LogP contribution is 2.31. The van der Waals surface area contributed by atoms with E-state index in [0.717, 1.165) is 23.0 Å². The largest absolute Gasteiger partial charge is 0.416 e. The van der Waals surface area contributed by atoms with Crippen molar-refractivity contribution in [2.45, 2.75) is 16.4 Å². The van der Waals surface area contributed by atoms with E-state index in [9.17, 15) is 21.6 Å². The number of hydrogen-bond acceptors (Lipinski definition) is 4. The van der Waals surface area contributed by atoms with Crippen LogP contribution in [-0.4, -0.2) is 49.9 Å². The van der Waals surface area contributed by atoms with Crippen molar-refractivity contribution in [2.75, 3.05) is 31.1 Å². The maximum atomic E-state index is 13.3. The van der Waals surface area contributed by atoms with Crippen molar-refractivity contribution < 1.29 is 21.6 Å². The molecular weight excluding hydrogens is 427 g/mol. The van der Waals surface area contributed by atoms with Gasteiger partial charge in [-0.15, -0.1) is 6.58 Å². The van der Waals surface area contributed by atoms with Crippen LogP contribution in [0.2, 0.25) is 0 Å². The van der Waals surface area contributed by atoms with E-state index in [4.69, 9.17) is 0 Å². The number of anilines is 1. The Kier molecular flexibility index (Phi) is 5.57. The van der Waals surface area contributed by atoms with Crippen LogP contribution in [0.5, 0.6) is 0 Å². The van der Waals surface area contributed by atoms with Gasteiger partial charge in [0.05, 0.1) is 10.5 Å². The second kappa shape index (κ2) is 8.05. The molecule has 2 aromatic carbocycles. The Bertz CT molecular complexity index is 1180. The zero-order valence-corrected chi connectivity index (χ0v) is 17.5. The Balaban J connectivity index is 1.48. The molecule has 9 heteroatoms. The lowest BCUT2D eigenvalue weighted by atomic mass is 10.1. The quantitative estimate of drug-likeness (QED) is 0.591. The third-order valence-corrected chi connectivity index (χ3v) is 7.64. The fraction of sp³-hybridized carbons (Fsp3) is 0.273. The molecule has 1 N–H and O–H groups in total. The summed E-state index contributed by atoms with van der Waals surface area (Å²) in [6.07, 6.45) is -1.18. The molecule has 3 aromatic rings. The second-order valence-corrected chi connectivity index (χ2v) is 9.51. The van der Waals surface area contributed by atoms with Gasteiger partial charge in [0, 0.05) is 49.0 Å². The molecule has 31 heavy (non-hydrogen) atoms. The van der Waals surface area contributed by atoms with E-state index in [1.165, 1.54) is 18.2 Å². The summed E-state index contributed by atoms with van der Waals surface area (Å²) in [4.78, 5) is 7.07. The molecule has 0 spiro atoms. The van der Waals surface area contributed by atoms with Gasteiger partial charge in [0.15, 0.2) is 9.84 Å². The van der Waals surface area contributed by atoms with Gasteiger partial charge < -0.3 is 9.88 Å². The first-order valence-corrected chi connectivity index (χ1v) is 11.3. The summed E-state index contributed by atoms with van der Waals surface area (Å²) in [5.74, 6) is 0. The van der Waals surface area contributed by atoms with E-state index in [-0.39, 0.29) is 4.90 Å². The molecule has 0 saturated carbocycles. The third kappa shape index (κ3) is 4.20. The van der Waals surface area contributed by atoms with Crippen LogP contribution in [0.4, 0.5) is 18.9 Å². The predicted octanol–water partition coefficient (Wildman–Crippen LogP) is 4.29. The number of piperazine rings is 1. The summed E-state index contributed by atoms with van der Waals surface area (Å²) in [5, 5.41) is -0.0605. The van der Waals surface area contributed by atoms with E-state index in [1.807, 2.05) is 15.9 Å². The standard InChI is InChI=1S/C22H22F3N3O2S/c1-2-21(31(29,30)19-7-8-20-16(15-19)9-10-26-20)28-13-11-27(12-14-28)18-5-3-17(4-6-18)22(23,24)25/h2-10,15,21,26H,1,11-14H2. The van der Waals surface area contributed by atoms with Crippen molar-refractivity contribution >= 4 is 26.4 Å². The average molecular weight is 449 g/mol. The normalized spacial score (nSPS) is 17.1. The zero-order chi connectivity index (χ0) is 22.2. The number of H-pyrrole nitrogens is 1. The van der Waals surface area contributed by atoms with Crippen molar-refractivity contribution in [3.63, 3.8) is 0 Å². The summed E-state index contributed by atoms with van der Waals surface area (Å²) in [5.41, 5.74) is 0.856. The minimum absolute atomic E-state index is 0.231. The molecule has 0 bridgehead atoms. The van der Waals surface area contributed by atoms with Crippen LogP contribution < -0.4 is 4.90 Å². The number of sulfone groups is 1. The fourth-order valence-corrected chi connectivity index (χ4v) is 5.60. The Morgan fingerprint density at radius 3 is 2.29 bits per heavy atom. The van der Waals surface area contributed by atoms with Crippen molar-refractivity contribution in [3.8, 4) is 0 Å². The Morgan fingerprint density at radius 1 is 1.00 bits per heavy atom. The first kappa shape index (κ1) is 21.5. The lowest BCUT2D eigenvalue weighted by Gasteiger charge is -2.39. The maximum absolute atomic E-state index is 13.3. The number of fused-ring (bicyclic) bond motifs is 1. The minimum Gasteiger partial charge on any atom is -0.369 e. The van der Waals surface area contributed by atoms with E-state index >= 15 is 0 Å². The number of hydrogen-bond donors (Lipinski definition) is 1. The van der Waals surface area contributed by atoms with Crippen LogP contribution in [0.1, 0.15) is 5.56 Å². The highest BCUT2D eigenvalue weighted by molar-refractivity contribution is 7.92. The maximum Gasteiger partial charge on any atom is 0.416 e. The van der Waals surface area contributed by atoms with E-state index < -0.39 is 27.0 Å². The number of aromatic nitrogens is 1. The van der Waals surface area contributed by atoms with Gasteiger partial charge in [-0.2, -0.15) is 13.2 Å². The van der Waals surface area contributed by atoms with Gasteiger partial charge in [0.2, 0.25) is 0 Å². The average Bonchev–Trinajstić information content (AvgIpc) is 3.22. The van der Waals surface area contributed by atoms with Gasteiger partial charge in [-0.05, 0) is 48.5 Å². The van der Waals surface area contributed by atoms with Gasteiger partial charge in [0.25, 0.3) is 0 Å². The van der Waals surface area contributed by atoms with Crippen LogP contribution in [0.15, 0.2) is 72.3 Å². The Morgan fingerprint density at radius 2 is 1.68 bits per heavy atom. The van der Waals surface area contributed by atoms with Crippen molar-refractivity contribution in [3.05, 3.63) is 72.9 Å². The van der Waals surface area contributed by atoms with Crippen LogP contribution in [0, 0.1) is 0 Å². The van der Waals surface area contributed by atoms with Gasteiger partial charge in [0.1, 0.15) is 5.37 Å². The molecule has 4 rings (SSSR count). The van der Waals surface area contributed by atoms with Gasteiger partial charge in [-0.3, -0.25) is 4.90 Å². The fourth-order valence-electron chi connectivity index (χ4n) is 3.92. The molecule has 5 nitrogen and oxygen atoms in total. The molecule has 1 fully saturated rings. The number of halogens is 3. The molecule has 2 heterocycles. The number of aromatic amines is 1. The summed E-state index contributed by atoms with van der Waals surface area (Å²) in [7, 11) is -3.67. The molecular formula is C22H22F3N3O2S. The van der Waals surface area contributed by atoms with Gasteiger partial charge >= 0.3 is 6.18 Å². The second-order valence-electron chi connectivity index (χ2n) is 7.47. The molecule has 1 atom stereocenters. The summed E-state index contributed by atoms with van der Waals surface area (Å²) in [6.45, 7) is 5.64. The summed E-state index contributed by atoms with van der Waals surface area (Å²) >= 11 is 0. The van der Waals surface area contributed by atoms with Crippen molar-refractivity contribution in [1.82, 2.24) is 9.88 Å². The van der Waals surface area contributed by atoms with Gasteiger partial charge in [-0.1, -0.05) is 6.08 Å². The summed E-state index contributed by atoms with van der Waals surface area (Å²) in [6, 6.07) is 11.8. The summed E-state index contributed by atoms with van der Waals surface area (Å²) < 4.78 is 64.9. The van der Waals surface area contributed by atoms with Crippen LogP contribution in [-0.2, 0) is 16.0 Å². The molecule has 0 aliphatic carbocycles. The zero-order valence-electron chi connectivity index (χ0n) is 16.6. The lowest BCUT2D eigenvalue weighted by Crippen LogP contribution is -2.52. The minimum atomic E-state index is -4.37. The molecule has 1 aromatic heterocycles. The topological polar surface area (TPSA) is 56.4 Å². The Labute approximate surface area is 178 Å². The lowest BCUT2D eigenvalue weighted by molar-refractivity contribution is -0.137. The molecule has 1 aliphatic rings. The molecule has 0 radical (unpaired) electrons. The van der Waals surface area contributed by atoms with Crippen molar-refractivity contribution in [1.29, 1.82) is 0 Å². The highest BCUT2D eigenvalue weighted by atomic mass is 32.2. The third-order valence-electron chi connectivity index (χ3n) is 5.61. The molecule has 1 unspecified atom stereocenters. The van der Waals surface area contributed by atoms with Crippen LogP contribution in [0.25, 0.3) is 10.9 Å². The number of rotatable bonds is 5. The van der Waals surface area contributed by atoms with E-state index in [1.54, 1.807) is 24.4 Å². The van der Waals surface area contributed by atoms with Gasteiger partial charge in [-0.25, -0.2) is 8.42 Å². The smallest absolute Gasteiger partial charge is 0.369 e. The predicted molar refractivity (Wildman–Crippen MR) is 115 cm³/mol. The number of benzene rings is 2. The van der Waals surface area contributed by atoms with Crippen LogP contribution in [0.3, 0.4) is 0 Å². The first-order valence-electron chi connectivity index (χ1n) is 9.80.